The van der Waals surface area contributed by atoms with Crippen molar-refractivity contribution < 1.29 is 5.11 Å². The van der Waals surface area contributed by atoms with Crippen molar-refractivity contribution in [3.8, 4) is 5.75 Å². The number of hydrogen-bond donors (Lipinski definition) is 2. The standard InChI is InChI=1S/C15H24N2O/c1-12(2)8-14-10-16-6-7-17(14)11-13-4-3-5-15(18)9-13/h3-5,9,12,14,16,18H,6-8,10-11H2,1-2H3. The van der Waals surface area contributed by atoms with Crippen LogP contribution in [0.4, 0.5) is 0 Å². The maximum Gasteiger partial charge on any atom is 0.115 e. The normalized spacial score (nSPS) is 21.4. The summed E-state index contributed by atoms with van der Waals surface area (Å²) in [5, 5.41) is 13.0. The predicted octanol–water partition coefficient (Wildman–Crippen LogP) is 2.21. The van der Waals surface area contributed by atoms with Crippen LogP contribution in [0.1, 0.15) is 25.8 Å². The molecule has 1 aromatic carbocycles. The number of nitrogens with zero attached hydrogens (tertiary/aromatic N) is 1. The number of benzene rings is 1. The molecule has 0 amide bonds. The first-order valence-electron chi connectivity index (χ1n) is 6.88. The van der Waals surface area contributed by atoms with E-state index >= 15 is 0 Å². The van der Waals surface area contributed by atoms with Crippen molar-refractivity contribution in [2.45, 2.75) is 32.9 Å². The average Bonchev–Trinajstić information content (AvgIpc) is 2.31. The molecular weight excluding hydrogens is 224 g/mol. The molecule has 1 atom stereocenters. The summed E-state index contributed by atoms with van der Waals surface area (Å²) in [6.07, 6.45) is 1.23. The van der Waals surface area contributed by atoms with Crippen molar-refractivity contribution in [3.63, 3.8) is 0 Å². The number of nitrogens with one attached hydrogen (secondary N) is 1. The molecule has 100 valence electrons. The Morgan fingerprint density at radius 2 is 2.28 bits per heavy atom. The number of phenols is 1. The molecule has 1 fully saturated rings. The molecule has 18 heavy (non-hydrogen) atoms. The highest BCUT2D eigenvalue weighted by Crippen LogP contribution is 2.18. The first kappa shape index (κ1) is 13.4. The van der Waals surface area contributed by atoms with Crippen molar-refractivity contribution in [2.24, 2.45) is 5.92 Å². The molecule has 1 saturated heterocycles. The van der Waals surface area contributed by atoms with Crippen LogP contribution in [0.2, 0.25) is 0 Å². The molecule has 0 aromatic heterocycles. The summed E-state index contributed by atoms with van der Waals surface area (Å²) in [5.41, 5.74) is 1.20. The van der Waals surface area contributed by atoms with E-state index in [0.717, 1.165) is 32.1 Å². The zero-order chi connectivity index (χ0) is 13.0. The van der Waals surface area contributed by atoms with Crippen LogP contribution in [0.15, 0.2) is 24.3 Å². The van der Waals surface area contributed by atoms with Gasteiger partial charge in [0.1, 0.15) is 5.75 Å². The molecule has 1 aliphatic heterocycles. The fourth-order valence-corrected chi connectivity index (χ4v) is 2.68. The van der Waals surface area contributed by atoms with Gasteiger partial charge in [-0.15, -0.1) is 0 Å². The first-order valence-corrected chi connectivity index (χ1v) is 6.88. The number of piperazine rings is 1. The molecule has 1 aliphatic rings. The van der Waals surface area contributed by atoms with Crippen molar-refractivity contribution >= 4 is 0 Å². The molecule has 0 saturated carbocycles. The summed E-state index contributed by atoms with van der Waals surface area (Å²) in [4.78, 5) is 2.53. The Labute approximate surface area is 110 Å². The first-order chi connectivity index (χ1) is 8.65. The summed E-state index contributed by atoms with van der Waals surface area (Å²) >= 11 is 0. The van der Waals surface area contributed by atoms with Crippen LogP contribution >= 0.6 is 0 Å². The molecule has 2 rings (SSSR count). The maximum absolute atomic E-state index is 9.52. The number of aromatic hydroxyl groups is 1. The van der Waals surface area contributed by atoms with Crippen molar-refractivity contribution in [3.05, 3.63) is 29.8 Å². The van der Waals surface area contributed by atoms with E-state index in [2.05, 4.69) is 30.1 Å². The van der Waals surface area contributed by atoms with Gasteiger partial charge in [0.25, 0.3) is 0 Å². The molecule has 1 aromatic rings. The van der Waals surface area contributed by atoms with E-state index in [1.54, 1.807) is 6.07 Å². The van der Waals surface area contributed by atoms with Crippen LogP contribution in [0.5, 0.6) is 5.75 Å². The summed E-state index contributed by atoms with van der Waals surface area (Å²) < 4.78 is 0. The van der Waals surface area contributed by atoms with Gasteiger partial charge in [0.15, 0.2) is 0 Å². The van der Waals surface area contributed by atoms with Crippen molar-refractivity contribution in [2.75, 3.05) is 19.6 Å². The fourth-order valence-electron chi connectivity index (χ4n) is 2.68. The van der Waals surface area contributed by atoms with Crippen LogP contribution in [0.3, 0.4) is 0 Å². The summed E-state index contributed by atoms with van der Waals surface area (Å²) in [6.45, 7) is 8.73. The van der Waals surface area contributed by atoms with E-state index in [1.165, 1.54) is 12.0 Å². The molecule has 1 heterocycles. The number of phenolic OH excluding ortho intramolecular Hbond substituents is 1. The third-order valence-electron chi connectivity index (χ3n) is 3.51. The Morgan fingerprint density at radius 3 is 3.00 bits per heavy atom. The molecule has 2 N–H and O–H groups in total. The number of hydrogen-bond acceptors (Lipinski definition) is 3. The summed E-state index contributed by atoms with van der Waals surface area (Å²) in [7, 11) is 0. The fraction of sp³-hybridized carbons (Fsp3) is 0.600. The zero-order valence-electron chi connectivity index (χ0n) is 11.4. The molecular formula is C15H24N2O. The smallest absolute Gasteiger partial charge is 0.115 e. The number of rotatable bonds is 4. The molecule has 0 bridgehead atoms. The van der Waals surface area contributed by atoms with Gasteiger partial charge in [0, 0.05) is 32.2 Å². The molecule has 0 aliphatic carbocycles. The minimum Gasteiger partial charge on any atom is -0.508 e. The van der Waals surface area contributed by atoms with Gasteiger partial charge >= 0.3 is 0 Å². The Kier molecular flexibility index (Phi) is 4.61. The van der Waals surface area contributed by atoms with Crippen LogP contribution in [-0.4, -0.2) is 35.7 Å². The van der Waals surface area contributed by atoms with Crippen LogP contribution in [0, 0.1) is 5.92 Å². The Bertz CT molecular complexity index is 379. The van der Waals surface area contributed by atoms with Gasteiger partial charge in [0.05, 0.1) is 0 Å². The van der Waals surface area contributed by atoms with Crippen LogP contribution < -0.4 is 5.32 Å². The second-order valence-electron chi connectivity index (χ2n) is 5.63. The molecule has 0 radical (unpaired) electrons. The predicted molar refractivity (Wildman–Crippen MR) is 74.6 cm³/mol. The van der Waals surface area contributed by atoms with Crippen LogP contribution in [0.25, 0.3) is 0 Å². The van der Waals surface area contributed by atoms with Crippen molar-refractivity contribution in [1.29, 1.82) is 0 Å². The Hall–Kier alpha value is -1.06. The van der Waals surface area contributed by atoms with Crippen LogP contribution in [-0.2, 0) is 6.54 Å². The van der Waals surface area contributed by atoms with Gasteiger partial charge in [-0.05, 0) is 30.0 Å². The zero-order valence-corrected chi connectivity index (χ0v) is 11.4. The van der Waals surface area contributed by atoms with E-state index in [0.29, 0.717) is 11.8 Å². The lowest BCUT2D eigenvalue weighted by Gasteiger charge is -2.37. The van der Waals surface area contributed by atoms with Gasteiger partial charge in [-0.1, -0.05) is 26.0 Å². The molecule has 3 heteroatoms. The third-order valence-corrected chi connectivity index (χ3v) is 3.51. The average molecular weight is 248 g/mol. The maximum atomic E-state index is 9.52. The third kappa shape index (κ3) is 3.72. The van der Waals surface area contributed by atoms with Gasteiger partial charge in [-0.3, -0.25) is 4.90 Å². The van der Waals surface area contributed by atoms with E-state index in [9.17, 15) is 5.11 Å². The largest absolute Gasteiger partial charge is 0.508 e. The quantitative estimate of drug-likeness (QED) is 0.857. The SMILES string of the molecule is CC(C)CC1CNCCN1Cc1cccc(O)c1. The van der Waals surface area contributed by atoms with E-state index in [1.807, 2.05) is 12.1 Å². The van der Waals surface area contributed by atoms with Gasteiger partial charge in [-0.2, -0.15) is 0 Å². The molecule has 1 unspecified atom stereocenters. The van der Waals surface area contributed by atoms with E-state index < -0.39 is 0 Å². The summed E-state index contributed by atoms with van der Waals surface area (Å²) in [6, 6.07) is 8.22. The van der Waals surface area contributed by atoms with E-state index in [4.69, 9.17) is 0 Å². The highest BCUT2D eigenvalue weighted by Gasteiger charge is 2.22. The lowest BCUT2D eigenvalue weighted by molar-refractivity contribution is 0.134. The molecule has 0 spiro atoms. The Balaban J connectivity index is 2.00. The summed E-state index contributed by atoms with van der Waals surface area (Å²) in [5.74, 6) is 1.09. The minimum absolute atomic E-state index is 0.364. The van der Waals surface area contributed by atoms with Gasteiger partial charge < -0.3 is 10.4 Å². The molecule has 3 nitrogen and oxygen atoms in total. The van der Waals surface area contributed by atoms with Crippen molar-refractivity contribution in [1.82, 2.24) is 10.2 Å². The van der Waals surface area contributed by atoms with Gasteiger partial charge in [-0.25, -0.2) is 0 Å². The lowest BCUT2D eigenvalue weighted by atomic mass is 10.00. The second-order valence-corrected chi connectivity index (χ2v) is 5.63. The Morgan fingerprint density at radius 1 is 1.44 bits per heavy atom. The lowest BCUT2D eigenvalue weighted by Crippen LogP contribution is -2.51. The highest BCUT2D eigenvalue weighted by atomic mass is 16.3. The monoisotopic (exact) mass is 248 g/mol. The highest BCUT2D eigenvalue weighted by molar-refractivity contribution is 5.27. The van der Waals surface area contributed by atoms with Gasteiger partial charge in [0.2, 0.25) is 0 Å². The second kappa shape index (κ2) is 6.21. The minimum atomic E-state index is 0.364. The van der Waals surface area contributed by atoms with E-state index in [-0.39, 0.29) is 0 Å². The topological polar surface area (TPSA) is 35.5 Å².